The van der Waals surface area contributed by atoms with Crippen LogP contribution in [0.3, 0.4) is 0 Å². The monoisotopic (exact) mass is 190 g/mol. The second-order valence-electron chi connectivity index (χ2n) is 2.33. The molecule has 4 nitrogen and oxygen atoms in total. The Morgan fingerprint density at radius 3 is 2.46 bits per heavy atom. The number of alkyl halides is 3. The highest BCUT2D eigenvalue weighted by molar-refractivity contribution is 5.02. The van der Waals surface area contributed by atoms with Crippen LogP contribution in [0.4, 0.5) is 13.2 Å². The quantitative estimate of drug-likeness (QED) is 0.661. The number of nitriles is 1. The van der Waals surface area contributed by atoms with Crippen LogP contribution in [0.25, 0.3) is 0 Å². The summed E-state index contributed by atoms with van der Waals surface area (Å²) in [6, 6.07) is 1.70. The van der Waals surface area contributed by atoms with Gasteiger partial charge in [-0.05, 0) is 0 Å². The van der Waals surface area contributed by atoms with E-state index in [1.807, 2.05) is 0 Å². The van der Waals surface area contributed by atoms with Crippen molar-refractivity contribution >= 4 is 0 Å². The van der Waals surface area contributed by atoms with Gasteiger partial charge in [0.05, 0.1) is 12.5 Å². The summed E-state index contributed by atoms with van der Waals surface area (Å²) in [6.45, 7) is 0. The molecule has 1 aromatic heterocycles. The Balaban J connectivity index is 3.08. The van der Waals surface area contributed by atoms with Gasteiger partial charge in [0.2, 0.25) is 5.82 Å². The molecule has 0 radical (unpaired) electrons. The van der Waals surface area contributed by atoms with Crippen LogP contribution in [0.2, 0.25) is 0 Å². The Morgan fingerprint density at radius 1 is 1.46 bits per heavy atom. The summed E-state index contributed by atoms with van der Waals surface area (Å²) in [4.78, 5) is 0. The van der Waals surface area contributed by atoms with E-state index < -0.39 is 12.0 Å². The minimum absolute atomic E-state index is 0.00910. The predicted octanol–water partition coefficient (Wildman–Crippen LogP) is 0.900. The largest absolute Gasteiger partial charge is 0.451 e. The van der Waals surface area contributed by atoms with Gasteiger partial charge in [0.25, 0.3) is 0 Å². The van der Waals surface area contributed by atoms with Crippen molar-refractivity contribution < 1.29 is 13.2 Å². The van der Waals surface area contributed by atoms with E-state index in [0.717, 1.165) is 4.57 Å². The van der Waals surface area contributed by atoms with Gasteiger partial charge >= 0.3 is 6.18 Å². The molecule has 0 unspecified atom stereocenters. The molecular formula is C6H5F3N4. The molecule has 0 saturated heterocycles. The number of rotatable bonds is 1. The second kappa shape index (κ2) is 3.05. The minimum Gasteiger partial charge on any atom is -0.310 e. The first-order valence-electron chi connectivity index (χ1n) is 3.29. The van der Waals surface area contributed by atoms with Gasteiger partial charge in [-0.25, -0.2) is 0 Å². The number of halogens is 3. The predicted molar refractivity (Wildman–Crippen MR) is 35.3 cm³/mol. The Morgan fingerprint density at radius 2 is 2.08 bits per heavy atom. The van der Waals surface area contributed by atoms with Crippen molar-refractivity contribution in [3.05, 3.63) is 11.6 Å². The molecule has 0 aliphatic rings. The molecule has 13 heavy (non-hydrogen) atoms. The number of hydrogen-bond donors (Lipinski definition) is 0. The van der Waals surface area contributed by atoms with E-state index in [9.17, 15) is 13.2 Å². The van der Waals surface area contributed by atoms with Crippen molar-refractivity contribution in [3.63, 3.8) is 0 Å². The Labute approximate surface area is 71.6 Å². The average molecular weight is 190 g/mol. The summed E-state index contributed by atoms with van der Waals surface area (Å²) in [5.74, 6) is -1.08. The molecule has 0 bridgehead atoms. The zero-order valence-electron chi connectivity index (χ0n) is 6.63. The van der Waals surface area contributed by atoms with Gasteiger partial charge in [-0.2, -0.15) is 18.4 Å². The van der Waals surface area contributed by atoms with Crippen molar-refractivity contribution in [1.29, 1.82) is 5.26 Å². The molecule has 0 fully saturated rings. The summed E-state index contributed by atoms with van der Waals surface area (Å²) in [7, 11) is 1.18. The molecule has 70 valence electrons. The molecule has 0 amide bonds. The maximum absolute atomic E-state index is 12.1. The highest BCUT2D eigenvalue weighted by Crippen LogP contribution is 2.27. The summed E-state index contributed by atoms with van der Waals surface area (Å²) in [5.41, 5.74) is 0. The highest BCUT2D eigenvalue weighted by atomic mass is 19.4. The van der Waals surface area contributed by atoms with Gasteiger partial charge in [0.1, 0.15) is 5.82 Å². The molecule has 0 aliphatic heterocycles. The van der Waals surface area contributed by atoms with Gasteiger partial charge in [0.15, 0.2) is 0 Å². The summed E-state index contributed by atoms with van der Waals surface area (Å²) < 4.78 is 37.1. The molecule has 7 heteroatoms. The molecule has 1 rings (SSSR count). The van der Waals surface area contributed by atoms with Gasteiger partial charge in [-0.15, -0.1) is 10.2 Å². The lowest BCUT2D eigenvalue weighted by molar-refractivity contribution is -0.147. The van der Waals surface area contributed by atoms with E-state index in [1.54, 1.807) is 6.07 Å². The van der Waals surface area contributed by atoms with E-state index >= 15 is 0 Å². The van der Waals surface area contributed by atoms with E-state index in [1.165, 1.54) is 7.05 Å². The Bertz CT molecular complexity index is 346. The average Bonchev–Trinajstić information content (AvgIpc) is 2.32. The summed E-state index contributed by atoms with van der Waals surface area (Å²) >= 11 is 0. The molecule has 0 aliphatic carbocycles. The molecule has 1 aromatic rings. The maximum Gasteiger partial charge on any atom is 0.451 e. The standard InChI is InChI=1S/C6H5F3N4/c1-13-4(2-3-10)11-12-5(13)6(7,8)9/h2H2,1H3. The normalized spacial score (nSPS) is 11.3. The van der Waals surface area contributed by atoms with Crippen molar-refractivity contribution in [2.75, 3.05) is 0 Å². The molecule has 1 heterocycles. The van der Waals surface area contributed by atoms with Crippen LogP contribution in [0, 0.1) is 11.3 Å². The van der Waals surface area contributed by atoms with Crippen LogP contribution < -0.4 is 0 Å². The summed E-state index contributed by atoms with van der Waals surface area (Å²) in [6.07, 6.45) is -4.70. The van der Waals surface area contributed by atoms with Gasteiger partial charge in [0, 0.05) is 7.05 Å². The highest BCUT2D eigenvalue weighted by Gasteiger charge is 2.37. The number of aromatic nitrogens is 3. The first kappa shape index (κ1) is 9.51. The molecule has 0 spiro atoms. The maximum atomic E-state index is 12.1. The van der Waals surface area contributed by atoms with Crippen LogP contribution in [0.15, 0.2) is 0 Å². The van der Waals surface area contributed by atoms with Crippen LogP contribution in [0.1, 0.15) is 11.6 Å². The van der Waals surface area contributed by atoms with Crippen LogP contribution in [0.5, 0.6) is 0 Å². The first-order chi connectivity index (χ1) is 5.96. The number of nitrogens with zero attached hydrogens (tertiary/aromatic N) is 4. The number of hydrogen-bond acceptors (Lipinski definition) is 3. The van der Waals surface area contributed by atoms with Gasteiger partial charge in [-0.1, -0.05) is 0 Å². The fourth-order valence-corrected chi connectivity index (χ4v) is 0.833. The fraction of sp³-hybridized carbons (Fsp3) is 0.500. The second-order valence-corrected chi connectivity index (χ2v) is 2.33. The van der Waals surface area contributed by atoms with E-state index in [0.29, 0.717) is 0 Å². The van der Waals surface area contributed by atoms with Crippen molar-refractivity contribution in [2.24, 2.45) is 7.05 Å². The van der Waals surface area contributed by atoms with E-state index in [4.69, 9.17) is 5.26 Å². The third kappa shape index (κ3) is 1.77. The van der Waals surface area contributed by atoms with Crippen LogP contribution in [-0.4, -0.2) is 14.8 Å². The van der Waals surface area contributed by atoms with E-state index in [-0.39, 0.29) is 12.2 Å². The third-order valence-corrected chi connectivity index (χ3v) is 1.46. The smallest absolute Gasteiger partial charge is 0.310 e. The van der Waals surface area contributed by atoms with E-state index in [2.05, 4.69) is 10.2 Å². The van der Waals surface area contributed by atoms with Crippen molar-refractivity contribution in [3.8, 4) is 6.07 Å². The third-order valence-electron chi connectivity index (χ3n) is 1.46. The SMILES string of the molecule is Cn1c(CC#N)nnc1C(F)(F)F. The van der Waals surface area contributed by atoms with Crippen LogP contribution in [-0.2, 0) is 19.6 Å². The van der Waals surface area contributed by atoms with Crippen molar-refractivity contribution in [1.82, 2.24) is 14.8 Å². The summed E-state index contributed by atoms with van der Waals surface area (Å²) in [5, 5.41) is 14.4. The molecule has 0 atom stereocenters. The van der Waals surface area contributed by atoms with Gasteiger partial charge in [-0.3, -0.25) is 0 Å². The topological polar surface area (TPSA) is 54.5 Å². The van der Waals surface area contributed by atoms with Gasteiger partial charge < -0.3 is 4.57 Å². The van der Waals surface area contributed by atoms with Crippen molar-refractivity contribution in [2.45, 2.75) is 12.6 Å². The first-order valence-corrected chi connectivity index (χ1v) is 3.29. The molecule has 0 saturated carbocycles. The lowest BCUT2D eigenvalue weighted by atomic mass is 10.4. The Hall–Kier alpha value is -1.58. The minimum atomic E-state index is -4.52. The Kier molecular flexibility index (Phi) is 2.23. The molecular weight excluding hydrogens is 185 g/mol. The van der Waals surface area contributed by atoms with Crippen LogP contribution >= 0.6 is 0 Å². The zero-order chi connectivity index (χ0) is 10.1. The zero-order valence-corrected chi connectivity index (χ0v) is 6.63. The lowest BCUT2D eigenvalue weighted by Crippen LogP contribution is -2.13. The molecule has 0 aromatic carbocycles. The lowest BCUT2D eigenvalue weighted by Gasteiger charge is -2.04. The molecule has 0 N–H and O–H groups in total. The fourth-order valence-electron chi connectivity index (χ4n) is 0.833.